The molecule has 0 saturated carbocycles. The highest BCUT2D eigenvalue weighted by molar-refractivity contribution is 5.90. The van der Waals surface area contributed by atoms with Gasteiger partial charge in [0.2, 0.25) is 5.91 Å². The van der Waals surface area contributed by atoms with Crippen molar-refractivity contribution < 1.29 is 9.36 Å². The summed E-state index contributed by atoms with van der Waals surface area (Å²) in [4.78, 5) is 12.0. The first-order valence-corrected chi connectivity index (χ1v) is 7.71. The summed E-state index contributed by atoms with van der Waals surface area (Å²) in [7, 11) is 0. The number of amides is 1. The van der Waals surface area contributed by atoms with E-state index in [2.05, 4.69) is 45.1 Å². The molecule has 2 rings (SSSR count). The Labute approximate surface area is 133 Å². The smallest absolute Gasteiger partial charge is 0.230 e. The van der Waals surface area contributed by atoms with Gasteiger partial charge in [0.1, 0.15) is 0 Å². The molecule has 1 N–H and O–H groups in total. The summed E-state index contributed by atoms with van der Waals surface area (Å²) >= 11 is 0. The third-order valence-corrected chi connectivity index (χ3v) is 3.69. The van der Waals surface area contributed by atoms with Gasteiger partial charge in [-0.15, -0.1) is 0 Å². The first-order valence-electron chi connectivity index (χ1n) is 7.71. The van der Waals surface area contributed by atoms with E-state index in [9.17, 15) is 4.79 Å². The normalized spacial score (nSPS) is 11.3. The summed E-state index contributed by atoms with van der Waals surface area (Å²) < 4.78 is 2.02. The topological polar surface area (TPSA) is 33.0 Å². The van der Waals surface area contributed by atoms with E-state index in [0.29, 0.717) is 13.0 Å². The predicted molar refractivity (Wildman–Crippen MR) is 89.8 cm³/mol. The molecule has 0 aliphatic rings. The summed E-state index contributed by atoms with van der Waals surface area (Å²) in [6.45, 7) is 9.28. The van der Waals surface area contributed by atoms with Gasteiger partial charge < -0.3 is 5.32 Å². The minimum atomic E-state index is 0.0385. The average molecular weight is 297 g/mol. The van der Waals surface area contributed by atoms with Crippen LogP contribution in [0.5, 0.6) is 0 Å². The molecule has 3 heteroatoms. The molecule has 1 heterocycles. The minimum absolute atomic E-state index is 0.0385. The number of hydrogen-bond acceptors (Lipinski definition) is 1. The molecule has 3 nitrogen and oxygen atoms in total. The Morgan fingerprint density at radius 3 is 2.18 bits per heavy atom. The highest BCUT2D eigenvalue weighted by Gasteiger charge is 2.13. The molecule has 2 aromatic rings. The molecule has 1 amide bonds. The maximum absolute atomic E-state index is 12.0. The van der Waals surface area contributed by atoms with Crippen molar-refractivity contribution in [1.82, 2.24) is 0 Å². The Balaban J connectivity index is 1.88. The number of nitrogens with zero attached hydrogens (tertiary/aromatic N) is 1. The number of anilines is 1. The van der Waals surface area contributed by atoms with Gasteiger partial charge >= 0.3 is 0 Å². The quantitative estimate of drug-likeness (QED) is 0.859. The molecule has 1 aromatic heterocycles. The first kappa shape index (κ1) is 16.2. The van der Waals surface area contributed by atoms with E-state index in [1.165, 1.54) is 11.1 Å². The standard InChI is InChI=1S/C19H24N2O/c1-15-9-12-21(13-10-15)14-11-18(22)20-17-7-5-16(6-8-17)19(2,3)4/h5-10,12-13H,11,14H2,1-4H3/p+1. The molecule has 116 valence electrons. The van der Waals surface area contributed by atoms with Crippen LogP contribution in [0.4, 0.5) is 5.69 Å². The second-order valence-corrected chi connectivity index (χ2v) is 6.74. The van der Waals surface area contributed by atoms with Crippen molar-refractivity contribution in [2.45, 2.75) is 46.1 Å². The van der Waals surface area contributed by atoms with Crippen LogP contribution in [0.2, 0.25) is 0 Å². The Morgan fingerprint density at radius 2 is 1.64 bits per heavy atom. The van der Waals surface area contributed by atoms with E-state index in [0.717, 1.165) is 5.69 Å². The highest BCUT2D eigenvalue weighted by atomic mass is 16.1. The summed E-state index contributed by atoms with van der Waals surface area (Å²) in [5.41, 5.74) is 3.47. The van der Waals surface area contributed by atoms with Crippen molar-refractivity contribution in [3.8, 4) is 0 Å². The second-order valence-electron chi connectivity index (χ2n) is 6.74. The van der Waals surface area contributed by atoms with Crippen LogP contribution >= 0.6 is 0 Å². The van der Waals surface area contributed by atoms with E-state index >= 15 is 0 Å². The van der Waals surface area contributed by atoms with Crippen molar-refractivity contribution in [2.24, 2.45) is 0 Å². The van der Waals surface area contributed by atoms with Crippen molar-refractivity contribution in [1.29, 1.82) is 0 Å². The molecule has 0 saturated heterocycles. The van der Waals surface area contributed by atoms with Crippen LogP contribution in [0.15, 0.2) is 48.8 Å². The van der Waals surface area contributed by atoms with Gasteiger partial charge in [0.15, 0.2) is 18.9 Å². The number of rotatable bonds is 4. The fraction of sp³-hybridized carbons (Fsp3) is 0.368. The van der Waals surface area contributed by atoms with E-state index in [-0.39, 0.29) is 11.3 Å². The fourth-order valence-electron chi connectivity index (χ4n) is 2.19. The van der Waals surface area contributed by atoms with Crippen LogP contribution in [0.1, 0.15) is 38.3 Å². The lowest BCUT2D eigenvalue weighted by Crippen LogP contribution is -2.34. The van der Waals surface area contributed by atoms with Gasteiger partial charge in [-0.2, -0.15) is 0 Å². The SMILES string of the molecule is Cc1cc[n+](CCC(=O)Nc2ccc(C(C)(C)C)cc2)cc1. The molecular weight excluding hydrogens is 272 g/mol. The van der Waals surface area contributed by atoms with Gasteiger partial charge in [-0.3, -0.25) is 4.79 Å². The van der Waals surface area contributed by atoms with Crippen molar-refractivity contribution in [3.63, 3.8) is 0 Å². The van der Waals surface area contributed by atoms with Gasteiger partial charge in [-0.25, -0.2) is 4.57 Å². The van der Waals surface area contributed by atoms with E-state index in [4.69, 9.17) is 0 Å². The third kappa shape index (κ3) is 4.69. The molecule has 0 aliphatic carbocycles. The largest absolute Gasteiger partial charge is 0.326 e. The number of aromatic nitrogens is 1. The monoisotopic (exact) mass is 297 g/mol. The molecule has 0 unspecified atom stereocenters. The number of aryl methyl sites for hydroxylation is 2. The molecule has 0 fully saturated rings. The van der Waals surface area contributed by atoms with Gasteiger partial charge in [-0.05, 0) is 35.6 Å². The molecule has 1 aromatic carbocycles. The summed E-state index contributed by atoms with van der Waals surface area (Å²) in [6, 6.07) is 12.2. The van der Waals surface area contributed by atoms with Crippen LogP contribution in [-0.2, 0) is 16.8 Å². The maximum atomic E-state index is 12.0. The lowest BCUT2D eigenvalue weighted by atomic mass is 9.87. The molecule has 0 spiro atoms. The molecule has 0 aliphatic heterocycles. The van der Waals surface area contributed by atoms with Crippen LogP contribution in [0.3, 0.4) is 0 Å². The Bertz CT molecular complexity index is 622. The van der Waals surface area contributed by atoms with Gasteiger partial charge in [0.25, 0.3) is 0 Å². The predicted octanol–water partition coefficient (Wildman–Crippen LogP) is 3.61. The Kier molecular flexibility index (Phi) is 4.96. The molecular formula is C19H25N2O+. The lowest BCUT2D eigenvalue weighted by Gasteiger charge is -2.19. The third-order valence-electron chi connectivity index (χ3n) is 3.69. The number of nitrogens with one attached hydrogen (secondary N) is 1. The lowest BCUT2D eigenvalue weighted by molar-refractivity contribution is -0.695. The zero-order chi connectivity index (χ0) is 16.2. The van der Waals surface area contributed by atoms with E-state index in [1.807, 2.05) is 41.2 Å². The van der Waals surface area contributed by atoms with Crippen LogP contribution in [0, 0.1) is 6.92 Å². The highest BCUT2D eigenvalue weighted by Crippen LogP contribution is 2.23. The zero-order valence-electron chi connectivity index (χ0n) is 13.9. The first-order chi connectivity index (χ1) is 10.3. The van der Waals surface area contributed by atoms with Gasteiger partial charge in [0, 0.05) is 17.8 Å². The molecule has 22 heavy (non-hydrogen) atoms. The van der Waals surface area contributed by atoms with Crippen LogP contribution < -0.4 is 9.88 Å². The number of carbonyl (C=O) groups excluding carboxylic acids is 1. The Hall–Kier alpha value is -2.16. The second kappa shape index (κ2) is 6.73. The maximum Gasteiger partial charge on any atom is 0.230 e. The number of pyridine rings is 1. The van der Waals surface area contributed by atoms with Crippen LogP contribution in [0.25, 0.3) is 0 Å². The number of carbonyl (C=O) groups is 1. The Morgan fingerprint density at radius 1 is 1.05 bits per heavy atom. The summed E-state index contributed by atoms with van der Waals surface area (Å²) in [5.74, 6) is 0.0385. The van der Waals surface area contributed by atoms with Crippen molar-refractivity contribution >= 4 is 11.6 Å². The van der Waals surface area contributed by atoms with Gasteiger partial charge in [-0.1, -0.05) is 32.9 Å². The average Bonchev–Trinajstić information content (AvgIpc) is 2.46. The van der Waals surface area contributed by atoms with E-state index in [1.54, 1.807) is 0 Å². The van der Waals surface area contributed by atoms with Crippen molar-refractivity contribution in [2.75, 3.05) is 5.32 Å². The summed E-state index contributed by atoms with van der Waals surface area (Å²) in [5, 5.41) is 2.95. The number of benzene rings is 1. The zero-order valence-corrected chi connectivity index (χ0v) is 13.9. The minimum Gasteiger partial charge on any atom is -0.326 e. The van der Waals surface area contributed by atoms with Crippen molar-refractivity contribution in [3.05, 3.63) is 59.9 Å². The number of hydrogen-bond donors (Lipinski definition) is 1. The molecule has 0 radical (unpaired) electrons. The van der Waals surface area contributed by atoms with Gasteiger partial charge in [0.05, 0.1) is 6.42 Å². The fourth-order valence-corrected chi connectivity index (χ4v) is 2.19. The summed E-state index contributed by atoms with van der Waals surface area (Å²) in [6.07, 6.45) is 4.47. The van der Waals surface area contributed by atoms with Crippen LogP contribution in [-0.4, -0.2) is 5.91 Å². The molecule has 0 atom stereocenters. The van der Waals surface area contributed by atoms with E-state index < -0.39 is 0 Å². The molecule has 0 bridgehead atoms.